The van der Waals surface area contributed by atoms with Crippen LogP contribution in [0, 0.1) is 0 Å². The average Bonchev–Trinajstić information content (AvgIpc) is 2.57. The van der Waals surface area contributed by atoms with Gasteiger partial charge in [0.05, 0.1) is 0 Å². The summed E-state index contributed by atoms with van der Waals surface area (Å²) in [4.78, 5) is 23.5. The molecule has 0 aliphatic heterocycles. The maximum Gasteiger partial charge on any atom is 0.313 e. The largest absolute Gasteiger partial charge is 0.457 e. The van der Waals surface area contributed by atoms with Crippen molar-refractivity contribution >= 4 is 17.5 Å². The highest BCUT2D eigenvalue weighted by atomic mass is 16.5. The Bertz CT molecular complexity index is 654. The smallest absolute Gasteiger partial charge is 0.313 e. The van der Waals surface area contributed by atoms with Gasteiger partial charge in [0.15, 0.2) is 0 Å². The summed E-state index contributed by atoms with van der Waals surface area (Å²) in [5, 5.41) is 5.17. The lowest BCUT2D eigenvalue weighted by Crippen LogP contribution is -2.40. The van der Waals surface area contributed by atoms with Crippen molar-refractivity contribution < 1.29 is 14.3 Å². The van der Waals surface area contributed by atoms with Gasteiger partial charge in [0.2, 0.25) is 0 Å². The molecule has 0 spiro atoms. The van der Waals surface area contributed by atoms with Gasteiger partial charge in [0.25, 0.3) is 0 Å². The highest BCUT2D eigenvalue weighted by Gasteiger charge is 2.15. The number of nitrogens with one attached hydrogen (secondary N) is 2. The molecule has 120 valence electrons. The van der Waals surface area contributed by atoms with Gasteiger partial charge in [-0.2, -0.15) is 0 Å². The molecule has 23 heavy (non-hydrogen) atoms. The van der Waals surface area contributed by atoms with Crippen LogP contribution in [0.5, 0.6) is 11.5 Å². The standard InChI is InChI=1S/C18H20N2O3/c1-3-13(2)19-17(21)18(22)20-14-9-11-16(12-10-14)23-15-7-5-4-6-8-15/h4-13H,3H2,1-2H3,(H,19,21)(H,20,22). The van der Waals surface area contributed by atoms with E-state index in [0.29, 0.717) is 11.4 Å². The lowest BCUT2D eigenvalue weighted by atomic mass is 10.2. The third-order valence-electron chi connectivity index (χ3n) is 3.29. The Hall–Kier alpha value is -2.82. The van der Waals surface area contributed by atoms with Crippen LogP contribution in [0.1, 0.15) is 20.3 Å². The van der Waals surface area contributed by atoms with E-state index < -0.39 is 11.8 Å². The lowest BCUT2D eigenvalue weighted by Gasteiger charge is -2.11. The number of hydrogen-bond donors (Lipinski definition) is 2. The molecular formula is C18H20N2O3. The SMILES string of the molecule is CCC(C)NC(=O)C(=O)Nc1ccc(Oc2ccccc2)cc1. The topological polar surface area (TPSA) is 67.4 Å². The number of anilines is 1. The predicted molar refractivity (Wildman–Crippen MR) is 89.5 cm³/mol. The van der Waals surface area contributed by atoms with Gasteiger partial charge in [-0.3, -0.25) is 9.59 Å². The van der Waals surface area contributed by atoms with Crippen LogP contribution in [0.25, 0.3) is 0 Å². The molecular weight excluding hydrogens is 292 g/mol. The molecule has 0 aromatic heterocycles. The molecule has 0 bridgehead atoms. The van der Waals surface area contributed by atoms with Crippen LogP contribution in [0.2, 0.25) is 0 Å². The van der Waals surface area contributed by atoms with Crippen LogP contribution in [-0.2, 0) is 9.59 Å². The van der Waals surface area contributed by atoms with Crippen molar-refractivity contribution in [1.29, 1.82) is 0 Å². The quantitative estimate of drug-likeness (QED) is 0.832. The van der Waals surface area contributed by atoms with Gasteiger partial charge in [-0.1, -0.05) is 25.1 Å². The Morgan fingerprint density at radius 1 is 0.957 bits per heavy atom. The van der Waals surface area contributed by atoms with Crippen LogP contribution in [0.15, 0.2) is 54.6 Å². The summed E-state index contributed by atoms with van der Waals surface area (Å²) in [7, 11) is 0. The molecule has 1 atom stereocenters. The highest BCUT2D eigenvalue weighted by molar-refractivity contribution is 6.39. The number of amides is 2. The van der Waals surface area contributed by atoms with E-state index >= 15 is 0 Å². The monoisotopic (exact) mass is 312 g/mol. The third kappa shape index (κ3) is 5.14. The molecule has 0 aliphatic rings. The molecule has 5 heteroatoms. The number of para-hydroxylation sites is 1. The summed E-state index contributed by atoms with van der Waals surface area (Å²) in [6.45, 7) is 3.79. The maximum atomic E-state index is 11.8. The number of rotatable bonds is 5. The van der Waals surface area contributed by atoms with Gasteiger partial charge in [0.1, 0.15) is 11.5 Å². The van der Waals surface area contributed by atoms with Crippen molar-refractivity contribution in [3.63, 3.8) is 0 Å². The summed E-state index contributed by atoms with van der Waals surface area (Å²) in [6, 6.07) is 16.2. The Morgan fingerprint density at radius 3 is 2.17 bits per heavy atom. The van der Waals surface area contributed by atoms with Crippen molar-refractivity contribution in [3.8, 4) is 11.5 Å². The van der Waals surface area contributed by atoms with Crippen LogP contribution in [0.3, 0.4) is 0 Å². The van der Waals surface area contributed by atoms with Crippen LogP contribution in [-0.4, -0.2) is 17.9 Å². The summed E-state index contributed by atoms with van der Waals surface area (Å²) in [5.41, 5.74) is 0.537. The number of carbonyl (C=O) groups excluding carboxylic acids is 2. The first-order valence-corrected chi connectivity index (χ1v) is 7.53. The average molecular weight is 312 g/mol. The second-order valence-corrected chi connectivity index (χ2v) is 5.18. The minimum absolute atomic E-state index is 0.0325. The van der Waals surface area contributed by atoms with Gasteiger partial charge in [0, 0.05) is 11.7 Å². The molecule has 2 N–H and O–H groups in total. The number of carbonyl (C=O) groups is 2. The fraction of sp³-hybridized carbons (Fsp3) is 0.222. The van der Waals surface area contributed by atoms with Crippen molar-refractivity contribution in [1.82, 2.24) is 5.32 Å². The Balaban J connectivity index is 1.92. The van der Waals surface area contributed by atoms with Gasteiger partial charge in [-0.05, 0) is 49.7 Å². The Kier molecular flexibility index (Phi) is 5.74. The van der Waals surface area contributed by atoms with Crippen molar-refractivity contribution in [2.45, 2.75) is 26.3 Å². The van der Waals surface area contributed by atoms with E-state index in [2.05, 4.69) is 10.6 Å². The normalized spacial score (nSPS) is 11.4. The highest BCUT2D eigenvalue weighted by Crippen LogP contribution is 2.22. The zero-order valence-electron chi connectivity index (χ0n) is 13.2. The summed E-state index contributed by atoms with van der Waals surface area (Å²) in [6.07, 6.45) is 0.768. The molecule has 1 unspecified atom stereocenters. The lowest BCUT2D eigenvalue weighted by molar-refractivity contribution is -0.136. The molecule has 2 rings (SSSR count). The Labute approximate surface area is 135 Å². The van der Waals surface area contributed by atoms with E-state index in [1.807, 2.05) is 44.2 Å². The zero-order chi connectivity index (χ0) is 16.7. The fourth-order valence-electron chi connectivity index (χ4n) is 1.81. The van der Waals surface area contributed by atoms with Crippen molar-refractivity contribution in [2.24, 2.45) is 0 Å². The minimum atomic E-state index is -0.679. The van der Waals surface area contributed by atoms with Crippen LogP contribution >= 0.6 is 0 Å². The zero-order valence-corrected chi connectivity index (χ0v) is 13.2. The van der Waals surface area contributed by atoms with Crippen molar-refractivity contribution in [2.75, 3.05) is 5.32 Å². The maximum absolute atomic E-state index is 11.8. The third-order valence-corrected chi connectivity index (χ3v) is 3.29. The number of hydrogen-bond acceptors (Lipinski definition) is 3. The molecule has 0 heterocycles. The molecule has 0 radical (unpaired) electrons. The number of benzene rings is 2. The van der Waals surface area contributed by atoms with E-state index in [0.717, 1.165) is 12.2 Å². The molecule has 2 aromatic rings. The summed E-state index contributed by atoms with van der Waals surface area (Å²) in [5.74, 6) is 0.0708. The number of ether oxygens (including phenoxy) is 1. The summed E-state index contributed by atoms with van der Waals surface area (Å²) < 4.78 is 5.66. The molecule has 0 fully saturated rings. The van der Waals surface area contributed by atoms with E-state index in [9.17, 15) is 9.59 Å². The molecule has 5 nitrogen and oxygen atoms in total. The first-order chi connectivity index (χ1) is 11.1. The van der Waals surface area contributed by atoms with Crippen molar-refractivity contribution in [3.05, 3.63) is 54.6 Å². The second kappa shape index (κ2) is 7.98. The molecule has 2 aromatic carbocycles. The van der Waals surface area contributed by atoms with Gasteiger partial charge in [-0.25, -0.2) is 0 Å². The first kappa shape index (κ1) is 16.5. The van der Waals surface area contributed by atoms with Gasteiger partial charge < -0.3 is 15.4 Å². The predicted octanol–water partition coefficient (Wildman–Crippen LogP) is 3.33. The fourth-order valence-corrected chi connectivity index (χ4v) is 1.81. The van der Waals surface area contributed by atoms with Gasteiger partial charge >= 0.3 is 11.8 Å². The molecule has 0 saturated heterocycles. The first-order valence-electron chi connectivity index (χ1n) is 7.53. The summed E-state index contributed by atoms with van der Waals surface area (Å²) >= 11 is 0. The van der Waals surface area contributed by atoms with Crippen LogP contribution < -0.4 is 15.4 Å². The van der Waals surface area contributed by atoms with Gasteiger partial charge in [-0.15, -0.1) is 0 Å². The van der Waals surface area contributed by atoms with Crippen LogP contribution in [0.4, 0.5) is 5.69 Å². The van der Waals surface area contributed by atoms with E-state index in [4.69, 9.17) is 4.74 Å². The molecule has 0 saturated carbocycles. The second-order valence-electron chi connectivity index (χ2n) is 5.18. The Morgan fingerprint density at radius 2 is 1.57 bits per heavy atom. The molecule has 0 aliphatic carbocycles. The van der Waals surface area contributed by atoms with E-state index in [1.54, 1.807) is 24.3 Å². The van der Waals surface area contributed by atoms with E-state index in [-0.39, 0.29) is 6.04 Å². The minimum Gasteiger partial charge on any atom is -0.457 e. The van der Waals surface area contributed by atoms with E-state index in [1.165, 1.54) is 0 Å². The molecule has 2 amide bonds.